The van der Waals surface area contributed by atoms with Gasteiger partial charge in [-0.15, -0.1) is 24.8 Å². The summed E-state index contributed by atoms with van der Waals surface area (Å²) >= 11 is 5.67. The van der Waals surface area contributed by atoms with Gasteiger partial charge in [-0.2, -0.15) is 0 Å². The van der Waals surface area contributed by atoms with Crippen molar-refractivity contribution in [1.29, 1.82) is 0 Å². The molecule has 5 nitrogen and oxygen atoms in total. The Morgan fingerprint density at radius 2 is 1.88 bits per heavy atom. The van der Waals surface area contributed by atoms with Crippen molar-refractivity contribution in [1.82, 2.24) is 4.98 Å². The molecule has 0 bridgehead atoms. The van der Waals surface area contributed by atoms with Crippen molar-refractivity contribution < 1.29 is 31.9 Å². The molecule has 0 aliphatic carbocycles. The summed E-state index contributed by atoms with van der Waals surface area (Å²) < 4.78 is 55.4. The van der Waals surface area contributed by atoms with Gasteiger partial charge in [-0.25, -0.2) is 4.39 Å². The topological polar surface area (TPSA) is 68.3 Å². The van der Waals surface area contributed by atoms with Gasteiger partial charge in [0.1, 0.15) is 11.2 Å². The van der Waals surface area contributed by atoms with E-state index in [0.717, 1.165) is 18.2 Å². The summed E-state index contributed by atoms with van der Waals surface area (Å²) in [6.45, 7) is 1.34. The lowest BCUT2D eigenvalue weighted by molar-refractivity contribution is -0.274. The fourth-order valence-corrected chi connectivity index (χ4v) is 2.94. The fraction of sp³-hybridized carbons (Fsp3) is 0.174. The van der Waals surface area contributed by atoms with Gasteiger partial charge in [0, 0.05) is 23.7 Å². The van der Waals surface area contributed by atoms with E-state index in [1.165, 1.54) is 25.3 Å². The number of anilines is 1. The number of carbonyl (C=O) groups excluding carboxylic acids is 2. The number of carbonyl (C=O) groups is 2. The number of hydrogen-bond acceptors (Lipinski definition) is 4. The molecule has 33 heavy (non-hydrogen) atoms. The highest BCUT2D eigenvalue weighted by Gasteiger charge is 2.32. The van der Waals surface area contributed by atoms with Gasteiger partial charge in [-0.05, 0) is 48.9 Å². The number of ether oxygens (including phenoxy) is 1. The first-order valence-corrected chi connectivity index (χ1v) is 10.0. The summed E-state index contributed by atoms with van der Waals surface area (Å²) in [4.78, 5) is 28.8. The zero-order valence-electron chi connectivity index (χ0n) is 17.1. The molecule has 3 aromatic rings. The van der Waals surface area contributed by atoms with Crippen molar-refractivity contribution in [2.24, 2.45) is 0 Å². The predicted octanol–water partition coefficient (Wildman–Crippen LogP) is 5.78. The number of pyridine rings is 1. The molecule has 0 radical (unpaired) electrons. The van der Waals surface area contributed by atoms with Crippen LogP contribution in [-0.4, -0.2) is 28.4 Å². The molecule has 172 valence electrons. The minimum absolute atomic E-state index is 0.0521. The number of nitrogens with zero attached hydrogens (tertiary/aromatic N) is 1. The highest BCUT2D eigenvalue weighted by molar-refractivity contribution is 6.32. The van der Waals surface area contributed by atoms with Gasteiger partial charge in [0.25, 0.3) is 0 Å². The van der Waals surface area contributed by atoms with Crippen LogP contribution in [0.4, 0.5) is 23.2 Å². The lowest BCUT2D eigenvalue weighted by Crippen LogP contribution is -2.23. The second kappa shape index (κ2) is 9.99. The van der Waals surface area contributed by atoms with E-state index in [2.05, 4.69) is 15.0 Å². The molecule has 2 aromatic carbocycles. The minimum Gasteiger partial charge on any atom is -0.404 e. The molecule has 0 fully saturated rings. The molecule has 0 aliphatic heterocycles. The molecule has 3 rings (SSSR count). The van der Waals surface area contributed by atoms with Crippen molar-refractivity contribution in [3.63, 3.8) is 0 Å². The van der Waals surface area contributed by atoms with Crippen molar-refractivity contribution in [2.45, 2.75) is 25.1 Å². The molecule has 0 saturated carbocycles. The highest BCUT2D eigenvalue weighted by Crippen LogP contribution is 2.32. The highest BCUT2D eigenvalue weighted by atomic mass is 35.5. The maximum Gasteiger partial charge on any atom is 0.573 e. The molecule has 0 spiro atoms. The third-order valence-electron chi connectivity index (χ3n) is 4.46. The van der Waals surface area contributed by atoms with Gasteiger partial charge >= 0.3 is 6.36 Å². The van der Waals surface area contributed by atoms with Crippen LogP contribution in [0.5, 0.6) is 5.75 Å². The van der Waals surface area contributed by atoms with E-state index in [9.17, 15) is 27.2 Å². The van der Waals surface area contributed by atoms with Crippen LogP contribution in [0.3, 0.4) is 0 Å². The molecule has 1 unspecified atom stereocenters. The van der Waals surface area contributed by atoms with Crippen LogP contribution >= 0.6 is 11.6 Å². The lowest BCUT2D eigenvalue weighted by Gasteiger charge is -2.15. The number of halogens is 5. The first-order chi connectivity index (χ1) is 15.5. The summed E-state index contributed by atoms with van der Waals surface area (Å²) in [7, 11) is 0. The lowest BCUT2D eigenvalue weighted by atomic mass is 10.0. The number of aromatic nitrogens is 1. The number of ketones is 1. The monoisotopic (exact) mass is 480 g/mol. The summed E-state index contributed by atoms with van der Waals surface area (Å²) in [6, 6.07) is 12.4. The average Bonchev–Trinajstić information content (AvgIpc) is 2.74. The smallest absolute Gasteiger partial charge is 0.404 e. The van der Waals surface area contributed by atoms with Gasteiger partial charge in [-0.3, -0.25) is 14.6 Å². The van der Waals surface area contributed by atoms with Crippen molar-refractivity contribution in [3.05, 3.63) is 77.7 Å². The molecule has 0 aliphatic rings. The van der Waals surface area contributed by atoms with Gasteiger partial charge in [0.2, 0.25) is 5.91 Å². The van der Waals surface area contributed by atoms with Crippen molar-refractivity contribution in [2.75, 3.05) is 5.32 Å². The molecule has 1 amide bonds. The number of nitrogens with one attached hydrogen (secondary N) is 1. The Morgan fingerprint density at radius 1 is 1.12 bits per heavy atom. The molecular weight excluding hydrogens is 464 g/mol. The number of hydrogen-bond donors (Lipinski definition) is 1. The van der Waals surface area contributed by atoms with Crippen molar-refractivity contribution in [3.8, 4) is 17.0 Å². The van der Waals surface area contributed by atoms with Crippen LogP contribution in [0, 0.1) is 5.82 Å². The second-order valence-electron chi connectivity index (χ2n) is 7.03. The van der Waals surface area contributed by atoms with E-state index >= 15 is 0 Å². The van der Waals surface area contributed by atoms with Crippen molar-refractivity contribution >= 4 is 29.0 Å². The van der Waals surface area contributed by atoms with Gasteiger partial charge in [0.15, 0.2) is 11.5 Å². The second-order valence-corrected chi connectivity index (χ2v) is 7.68. The number of alkyl halides is 4. The molecule has 10 heteroatoms. The molecule has 1 atom stereocenters. The van der Waals surface area contributed by atoms with E-state index < -0.39 is 35.0 Å². The Hall–Kier alpha value is -3.46. The van der Waals surface area contributed by atoms with Crippen LogP contribution < -0.4 is 10.1 Å². The van der Waals surface area contributed by atoms with Gasteiger partial charge < -0.3 is 10.1 Å². The quantitative estimate of drug-likeness (QED) is 0.264. The number of Topliss-reactive ketones (excluding diaryl/α,β-unsaturated/α-hetero) is 1. The summed E-state index contributed by atoms with van der Waals surface area (Å²) in [6.07, 6.45) is -3.64. The number of benzene rings is 2. The average molecular weight is 481 g/mol. The van der Waals surface area contributed by atoms with E-state index in [1.807, 2.05) is 0 Å². The summed E-state index contributed by atoms with van der Waals surface area (Å²) in [5.41, 5.74) is 1.34. The minimum atomic E-state index is -4.99. The maximum absolute atomic E-state index is 13.4. The standard InChI is InChI=1S/C23H17ClF4N2O3/c1-13(24)22(32)30-19-11-16(6-8-21(19)33-23(26,27)28)20(31)9-14-5-7-18(29-12-14)15-3-2-4-17(25)10-15/h2-8,10-13H,9H2,1H3,(H,30,32). The van der Waals surface area contributed by atoms with Crippen LogP contribution in [0.1, 0.15) is 22.8 Å². The van der Waals surface area contributed by atoms with Crippen LogP contribution in [0.25, 0.3) is 11.3 Å². The van der Waals surface area contributed by atoms with E-state index in [1.54, 1.807) is 24.3 Å². The van der Waals surface area contributed by atoms with E-state index in [0.29, 0.717) is 16.8 Å². The van der Waals surface area contributed by atoms with Crippen LogP contribution in [0.15, 0.2) is 60.8 Å². The third kappa shape index (κ3) is 6.76. The molecular formula is C23H17ClF4N2O3. The zero-order valence-corrected chi connectivity index (χ0v) is 17.9. The largest absolute Gasteiger partial charge is 0.573 e. The fourth-order valence-electron chi connectivity index (χ4n) is 2.88. The molecule has 1 N–H and O–H groups in total. The Labute approximate surface area is 191 Å². The SMILES string of the molecule is CC(Cl)C(=O)Nc1cc(C(=O)Cc2ccc(-c3cccc(F)c3)nc2)ccc1OC(F)(F)F. The van der Waals surface area contributed by atoms with E-state index in [-0.39, 0.29) is 17.7 Å². The molecule has 1 heterocycles. The molecule has 1 aromatic heterocycles. The summed E-state index contributed by atoms with van der Waals surface area (Å²) in [5.74, 6) is -2.27. The van der Waals surface area contributed by atoms with Crippen LogP contribution in [0.2, 0.25) is 0 Å². The van der Waals surface area contributed by atoms with E-state index in [4.69, 9.17) is 11.6 Å². The van der Waals surface area contributed by atoms with Gasteiger partial charge in [0.05, 0.1) is 11.4 Å². The number of rotatable bonds is 7. The Balaban J connectivity index is 1.80. The maximum atomic E-state index is 13.4. The van der Waals surface area contributed by atoms with Gasteiger partial charge in [-0.1, -0.05) is 18.2 Å². The Bertz CT molecular complexity index is 1170. The Morgan fingerprint density at radius 3 is 2.48 bits per heavy atom. The summed E-state index contributed by atoms with van der Waals surface area (Å²) in [5, 5.41) is 1.21. The number of amides is 1. The normalized spacial score (nSPS) is 12.2. The zero-order chi connectivity index (χ0) is 24.2. The Kier molecular flexibility index (Phi) is 7.33. The third-order valence-corrected chi connectivity index (χ3v) is 4.65. The predicted molar refractivity (Wildman–Crippen MR) is 115 cm³/mol. The molecule has 0 saturated heterocycles. The van der Waals surface area contributed by atoms with Crippen LogP contribution in [-0.2, 0) is 11.2 Å². The first kappa shape index (κ1) is 24.2. The first-order valence-electron chi connectivity index (χ1n) is 9.60.